The fourth-order valence-corrected chi connectivity index (χ4v) is 2.67. The number of aromatic nitrogens is 2. The van der Waals surface area contributed by atoms with E-state index in [1.54, 1.807) is 32.8 Å². The normalized spacial score (nSPS) is 17.4. The number of methoxy groups -OCH3 is 2. The van der Waals surface area contributed by atoms with Crippen molar-refractivity contribution in [3.8, 4) is 11.5 Å². The van der Waals surface area contributed by atoms with Crippen LogP contribution in [0.15, 0.2) is 36.8 Å². The van der Waals surface area contributed by atoms with Gasteiger partial charge in [-0.15, -0.1) is 0 Å². The highest BCUT2D eigenvalue weighted by molar-refractivity contribution is 5.57. The van der Waals surface area contributed by atoms with Gasteiger partial charge >= 0.3 is 0 Å². The van der Waals surface area contributed by atoms with E-state index in [1.165, 1.54) is 0 Å². The summed E-state index contributed by atoms with van der Waals surface area (Å²) in [4.78, 5) is 10.7. The summed E-state index contributed by atoms with van der Waals surface area (Å²) in [7, 11) is 3.34. The molecule has 0 bridgehead atoms. The van der Waals surface area contributed by atoms with Gasteiger partial charge in [0, 0.05) is 55.4 Å². The lowest BCUT2D eigenvalue weighted by atomic mass is 10.2. The van der Waals surface area contributed by atoms with Gasteiger partial charge in [-0.2, -0.15) is 0 Å². The Morgan fingerprint density at radius 1 is 1.14 bits per heavy atom. The first-order chi connectivity index (χ1) is 10.8. The molecule has 1 N–H and O–H groups in total. The molecule has 2 aromatic rings. The summed E-state index contributed by atoms with van der Waals surface area (Å²) in [5, 5.41) is 3.42. The quantitative estimate of drug-likeness (QED) is 0.913. The zero-order chi connectivity index (χ0) is 15.4. The lowest BCUT2D eigenvalue weighted by molar-refractivity contribution is 0.394. The minimum atomic E-state index is 0.355. The Kier molecular flexibility index (Phi) is 4.27. The van der Waals surface area contributed by atoms with Crippen molar-refractivity contribution < 1.29 is 9.47 Å². The second-order valence-corrected chi connectivity index (χ2v) is 5.24. The number of anilines is 2. The zero-order valence-electron chi connectivity index (χ0n) is 12.8. The van der Waals surface area contributed by atoms with Crippen molar-refractivity contribution in [3.05, 3.63) is 36.8 Å². The largest absolute Gasteiger partial charge is 0.497 e. The smallest absolute Gasteiger partial charge is 0.144 e. The molecule has 0 saturated carbocycles. The van der Waals surface area contributed by atoms with Crippen LogP contribution < -0.4 is 19.7 Å². The Bertz CT molecular complexity index is 599. The van der Waals surface area contributed by atoms with Gasteiger partial charge in [-0.05, 0) is 6.42 Å². The first-order valence-corrected chi connectivity index (χ1v) is 7.29. The predicted octanol–water partition coefficient (Wildman–Crippen LogP) is 2.18. The number of hydrogen-bond acceptors (Lipinski definition) is 6. The molecular formula is C16H20N4O2. The molecular weight excluding hydrogens is 280 g/mol. The van der Waals surface area contributed by atoms with Gasteiger partial charge in [0.25, 0.3) is 0 Å². The van der Waals surface area contributed by atoms with Gasteiger partial charge in [-0.25, -0.2) is 4.98 Å². The summed E-state index contributed by atoms with van der Waals surface area (Å²) in [6.45, 7) is 1.89. The number of benzene rings is 1. The van der Waals surface area contributed by atoms with Crippen LogP contribution in [0.25, 0.3) is 0 Å². The fraction of sp³-hybridized carbons (Fsp3) is 0.375. The monoisotopic (exact) mass is 300 g/mol. The number of rotatable bonds is 5. The summed E-state index contributed by atoms with van der Waals surface area (Å²) in [5.41, 5.74) is 1.11. The molecule has 6 nitrogen and oxygen atoms in total. The van der Waals surface area contributed by atoms with Gasteiger partial charge in [0.2, 0.25) is 0 Å². The second kappa shape index (κ2) is 6.51. The highest BCUT2D eigenvalue weighted by Gasteiger charge is 2.23. The van der Waals surface area contributed by atoms with Crippen molar-refractivity contribution in [1.29, 1.82) is 0 Å². The molecule has 22 heavy (non-hydrogen) atoms. The summed E-state index contributed by atoms with van der Waals surface area (Å²) in [6, 6.07) is 6.31. The van der Waals surface area contributed by atoms with E-state index in [-0.39, 0.29) is 0 Å². The molecule has 0 spiro atoms. The Hall–Kier alpha value is -2.50. The second-order valence-electron chi connectivity index (χ2n) is 5.24. The van der Waals surface area contributed by atoms with Gasteiger partial charge < -0.3 is 19.7 Å². The average molecular weight is 300 g/mol. The lowest BCUT2D eigenvalue weighted by Gasteiger charge is -2.20. The van der Waals surface area contributed by atoms with Crippen LogP contribution in [0.5, 0.6) is 11.5 Å². The van der Waals surface area contributed by atoms with Crippen LogP contribution in [0.1, 0.15) is 6.42 Å². The van der Waals surface area contributed by atoms with Crippen LogP contribution in [-0.2, 0) is 0 Å². The summed E-state index contributed by atoms with van der Waals surface area (Å²) in [6.07, 6.45) is 6.17. The molecule has 1 unspecified atom stereocenters. The Labute approximate surface area is 130 Å². The molecule has 1 atom stereocenters. The van der Waals surface area contributed by atoms with Crippen molar-refractivity contribution >= 4 is 11.5 Å². The Balaban J connectivity index is 1.69. The molecule has 116 valence electrons. The molecule has 1 aliphatic rings. The Morgan fingerprint density at radius 3 is 2.55 bits per heavy atom. The highest BCUT2D eigenvalue weighted by atomic mass is 16.5. The molecule has 1 saturated heterocycles. The third-order valence-corrected chi connectivity index (χ3v) is 3.80. The van der Waals surface area contributed by atoms with Crippen LogP contribution in [0.3, 0.4) is 0 Å². The zero-order valence-corrected chi connectivity index (χ0v) is 12.8. The lowest BCUT2D eigenvalue weighted by Crippen LogP contribution is -2.26. The van der Waals surface area contributed by atoms with Crippen molar-refractivity contribution in [3.63, 3.8) is 0 Å². The highest BCUT2D eigenvalue weighted by Crippen LogP contribution is 2.30. The van der Waals surface area contributed by atoms with E-state index < -0.39 is 0 Å². The summed E-state index contributed by atoms with van der Waals surface area (Å²) < 4.78 is 10.7. The molecule has 0 aliphatic carbocycles. The molecule has 1 aromatic carbocycles. The molecule has 1 fully saturated rings. The van der Waals surface area contributed by atoms with Crippen LogP contribution in [0.2, 0.25) is 0 Å². The van der Waals surface area contributed by atoms with Crippen molar-refractivity contribution in [1.82, 2.24) is 9.97 Å². The van der Waals surface area contributed by atoms with Gasteiger partial charge in [-0.3, -0.25) is 4.98 Å². The molecule has 1 aliphatic heterocycles. The van der Waals surface area contributed by atoms with E-state index in [1.807, 2.05) is 18.2 Å². The van der Waals surface area contributed by atoms with Crippen molar-refractivity contribution in [2.24, 2.45) is 0 Å². The van der Waals surface area contributed by atoms with Gasteiger partial charge in [0.1, 0.15) is 17.3 Å². The van der Waals surface area contributed by atoms with Crippen molar-refractivity contribution in [2.75, 3.05) is 37.5 Å². The number of nitrogens with zero attached hydrogens (tertiary/aromatic N) is 3. The first kappa shape index (κ1) is 14.4. The van der Waals surface area contributed by atoms with E-state index >= 15 is 0 Å². The molecule has 1 aromatic heterocycles. The van der Waals surface area contributed by atoms with Crippen molar-refractivity contribution in [2.45, 2.75) is 12.5 Å². The standard InChI is InChI=1S/C16H20N4O2/c1-21-14-7-13(8-15(9-14)22-2)20-6-3-12(11-20)19-16-10-17-4-5-18-16/h4-5,7-10,12H,3,6,11H2,1-2H3,(H,18,19). The van der Waals surface area contributed by atoms with E-state index in [0.29, 0.717) is 6.04 Å². The van der Waals surface area contributed by atoms with E-state index in [0.717, 1.165) is 42.5 Å². The van der Waals surface area contributed by atoms with E-state index in [2.05, 4.69) is 20.2 Å². The SMILES string of the molecule is COc1cc(OC)cc(N2CCC(Nc3cnccn3)C2)c1. The number of nitrogens with one attached hydrogen (secondary N) is 1. The molecule has 2 heterocycles. The maximum absolute atomic E-state index is 5.34. The molecule has 0 radical (unpaired) electrons. The molecule has 3 rings (SSSR count). The molecule has 0 amide bonds. The van der Waals surface area contributed by atoms with Crippen LogP contribution >= 0.6 is 0 Å². The Morgan fingerprint density at radius 2 is 1.91 bits per heavy atom. The van der Waals surface area contributed by atoms with Crippen LogP contribution in [-0.4, -0.2) is 43.3 Å². The maximum atomic E-state index is 5.34. The van der Waals surface area contributed by atoms with Gasteiger partial charge in [0.15, 0.2) is 0 Å². The first-order valence-electron chi connectivity index (χ1n) is 7.29. The molecule has 6 heteroatoms. The van der Waals surface area contributed by atoms with E-state index in [4.69, 9.17) is 9.47 Å². The van der Waals surface area contributed by atoms with Crippen LogP contribution in [0.4, 0.5) is 11.5 Å². The predicted molar refractivity (Wildman–Crippen MR) is 85.8 cm³/mol. The summed E-state index contributed by atoms with van der Waals surface area (Å²) in [5.74, 6) is 2.43. The topological polar surface area (TPSA) is 59.5 Å². The maximum Gasteiger partial charge on any atom is 0.144 e. The van der Waals surface area contributed by atoms with Gasteiger partial charge in [-0.1, -0.05) is 0 Å². The van der Waals surface area contributed by atoms with Gasteiger partial charge in [0.05, 0.1) is 20.4 Å². The minimum absolute atomic E-state index is 0.355. The number of hydrogen-bond donors (Lipinski definition) is 1. The average Bonchev–Trinajstić information content (AvgIpc) is 3.03. The fourth-order valence-electron chi connectivity index (χ4n) is 2.67. The third-order valence-electron chi connectivity index (χ3n) is 3.80. The van der Waals surface area contributed by atoms with E-state index in [9.17, 15) is 0 Å². The summed E-state index contributed by atoms with van der Waals surface area (Å²) >= 11 is 0. The van der Waals surface area contributed by atoms with Crippen LogP contribution in [0, 0.1) is 0 Å². The third kappa shape index (κ3) is 3.21. The minimum Gasteiger partial charge on any atom is -0.497 e. The number of ether oxygens (including phenoxy) is 2.